The number of para-hydroxylation sites is 2. The van der Waals surface area contributed by atoms with E-state index >= 15 is 0 Å². The Morgan fingerprint density at radius 2 is 1.90 bits per heavy atom. The van der Waals surface area contributed by atoms with Gasteiger partial charge in [0.1, 0.15) is 5.75 Å². The maximum Gasteiger partial charge on any atom is 0.274 e. The van der Waals surface area contributed by atoms with Gasteiger partial charge in [0, 0.05) is 28.6 Å². The molecule has 0 aliphatic rings. The van der Waals surface area contributed by atoms with Gasteiger partial charge in [-0.2, -0.15) is 0 Å². The standard InChI is InChI=1S/C22H18N4O4S/c1-30-17-10-8-16(9-11-17)25-19-5-3-2-4-18(19)24-22(25)31-13-15-7-6-14(21(23)27)12-20(15)26(28)29/h2-12H,13H2,1H3,(H2,23,27). The molecule has 0 saturated carbocycles. The fourth-order valence-electron chi connectivity index (χ4n) is 3.23. The first kappa shape index (κ1) is 20.4. The molecule has 2 N–H and O–H groups in total. The first-order valence-corrected chi connectivity index (χ1v) is 10.3. The van der Waals surface area contributed by atoms with Gasteiger partial charge in [-0.05, 0) is 42.5 Å². The summed E-state index contributed by atoms with van der Waals surface area (Å²) >= 11 is 1.38. The van der Waals surface area contributed by atoms with E-state index in [0.29, 0.717) is 16.5 Å². The third-order valence-electron chi connectivity index (χ3n) is 4.78. The van der Waals surface area contributed by atoms with Crippen LogP contribution in [0.5, 0.6) is 5.75 Å². The molecule has 8 nitrogen and oxygen atoms in total. The summed E-state index contributed by atoms with van der Waals surface area (Å²) in [6.07, 6.45) is 0. The van der Waals surface area contributed by atoms with Gasteiger partial charge < -0.3 is 10.5 Å². The summed E-state index contributed by atoms with van der Waals surface area (Å²) in [5.41, 5.74) is 8.34. The number of nitro groups is 1. The van der Waals surface area contributed by atoms with Crippen LogP contribution in [0.1, 0.15) is 15.9 Å². The lowest BCUT2D eigenvalue weighted by Gasteiger charge is -2.10. The lowest BCUT2D eigenvalue weighted by atomic mass is 10.1. The van der Waals surface area contributed by atoms with Gasteiger partial charge in [0.2, 0.25) is 5.91 Å². The second-order valence-corrected chi connectivity index (χ2v) is 7.61. The van der Waals surface area contributed by atoms with E-state index in [0.717, 1.165) is 22.5 Å². The third-order valence-corrected chi connectivity index (χ3v) is 5.77. The number of nitro benzene ring substituents is 1. The van der Waals surface area contributed by atoms with Crippen molar-refractivity contribution in [1.82, 2.24) is 9.55 Å². The molecule has 3 aromatic carbocycles. The molecule has 0 spiro atoms. The largest absolute Gasteiger partial charge is 0.497 e. The van der Waals surface area contributed by atoms with Crippen LogP contribution in [0.25, 0.3) is 16.7 Å². The van der Waals surface area contributed by atoms with Gasteiger partial charge in [-0.15, -0.1) is 0 Å². The molecule has 4 aromatic rings. The number of carbonyl (C=O) groups excluding carboxylic acids is 1. The molecule has 0 bridgehead atoms. The van der Waals surface area contributed by atoms with Crippen molar-refractivity contribution in [3.05, 3.63) is 88.0 Å². The third kappa shape index (κ3) is 4.08. The average molecular weight is 434 g/mol. The zero-order valence-electron chi connectivity index (χ0n) is 16.5. The van der Waals surface area contributed by atoms with Crippen molar-refractivity contribution in [2.75, 3.05) is 7.11 Å². The van der Waals surface area contributed by atoms with E-state index in [1.807, 2.05) is 53.1 Å². The molecular weight excluding hydrogens is 416 g/mol. The summed E-state index contributed by atoms with van der Waals surface area (Å²) in [6, 6.07) is 19.6. The minimum Gasteiger partial charge on any atom is -0.497 e. The van der Waals surface area contributed by atoms with Crippen molar-refractivity contribution in [3.8, 4) is 11.4 Å². The molecular formula is C22H18N4O4S. The van der Waals surface area contributed by atoms with Crippen molar-refractivity contribution in [2.45, 2.75) is 10.9 Å². The second kappa shape index (κ2) is 8.49. The smallest absolute Gasteiger partial charge is 0.274 e. The highest BCUT2D eigenvalue weighted by Gasteiger charge is 2.19. The maximum atomic E-state index is 11.5. The number of imidazole rings is 1. The number of fused-ring (bicyclic) bond motifs is 1. The van der Waals surface area contributed by atoms with E-state index in [2.05, 4.69) is 0 Å². The van der Waals surface area contributed by atoms with E-state index in [1.165, 1.54) is 23.9 Å². The van der Waals surface area contributed by atoms with Gasteiger partial charge in [-0.3, -0.25) is 19.5 Å². The van der Waals surface area contributed by atoms with Crippen molar-refractivity contribution >= 4 is 34.4 Å². The van der Waals surface area contributed by atoms with Gasteiger partial charge in [0.15, 0.2) is 5.16 Å². The number of hydrogen-bond donors (Lipinski definition) is 1. The van der Waals surface area contributed by atoms with E-state index in [1.54, 1.807) is 13.2 Å². The van der Waals surface area contributed by atoms with Crippen LogP contribution in [0.2, 0.25) is 0 Å². The maximum absolute atomic E-state index is 11.5. The van der Waals surface area contributed by atoms with Crippen LogP contribution in [0.4, 0.5) is 5.69 Å². The van der Waals surface area contributed by atoms with Gasteiger partial charge in [0.25, 0.3) is 5.69 Å². The molecule has 1 amide bonds. The molecule has 4 rings (SSSR count). The Balaban J connectivity index is 1.72. The number of methoxy groups -OCH3 is 1. The number of ether oxygens (including phenoxy) is 1. The Kier molecular flexibility index (Phi) is 5.59. The quantitative estimate of drug-likeness (QED) is 0.263. The number of amides is 1. The fourth-order valence-corrected chi connectivity index (χ4v) is 4.26. The predicted octanol–water partition coefficient (Wildman–Crippen LogP) is 4.33. The van der Waals surface area contributed by atoms with Gasteiger partial charge >= 0.3 is 0 Å². The molecule has 0 fully saturated rings. The number of thioether (sulfide) groups is 1. The normalized spacial score (nSPS) is 10.9. The number of primary amides is 1. The molecule has 0 atom stereocenters. The first-order valence-electron chi connectivity index (χ1n) is 9.30. The van der Waals surface area contributed by atoms with Gasteiger partial charge in [-0.1, -0.05) is 30.0 Å². The Morgan fingerprint density at radius 3 is 2.58 bits per heavy atom. The first-order chi connectivity index (χ1) is 15.0. The molecule has 0 aliphatic carbocycles. The number of aromatic nitrogens is 2. The molecule has 1 aromatic heterocycles. The average Bonchev–Trinajstić information content (AvgIpc) is 3.15. The summed E-state index contributed by atoms with van der Waals surface area (Å²) < 4.78 is 7.25. The number of rotatable bonds is 7. The van der Waals surface area contributed by atoms with Gasteiger partial charge in [-0.25, -0.2) is 4.98 Å². The zero-order valence-corrected chi connectivity index (χ0v) is 17.3. The van der Waals surface area contributed by atoms with Crippen molar-refractivity contribution in [3.63, 3.8) is 0 Å². The highest BCUT2D eigenvalue weighted by molar-refractivity contribution is 7.98. The highest BCUT2D eigenvalue weighted by Crippen LogP contribution is 2.33. The number of nitrogens with two attached hydrogens (primary N) is 1. The number of benzene rings is 3. The van der Waals surface area contributed by atoms with Crippen molar-refractivity contribution in [1.29, 1.82) is 0 Å². The van der Waals surface area contributed by atoms with E-state index in [-0.39, 0.29) is 11.3 Å². The Bertz CT molecular complexity index is 1280. The Hall–Kier alpha value is -3.85. The monoisotopic (exact) mass is 434 g/mol. The van der Waals surface area contributed by atoms with Crippen molar-refractivity contribution < 1.29 is 14.5 Å². The lowest BCUT2D eigenvalue weighted by molar-refractivity contribution is -0.385. The van der Waals surface area contributed by atoms with Crippen LogP contribution in [0.15, 0.2) is 71.9 Å². The summed E-state index contributed by atoms with van der Waals surface area (Å²) in [5, 5.41) is 12.2. The molecule has 31 heavy (non-hydrogen) atoms. The van der Waals surface area contributed by atoms with Gasteiger partial charge in [0.05, 0.1) is 23.1 Å². The molecule has 0 aliphatic heterocycles. The van der Waals surface area contributed by atoms with Crippen LogP contribution < -0.4 is 10.5 Å². The summed E-state index contributed by atoms with van der Waals surface area (Å²) in [4.78, 5) is 27.1. The fraction of sp³-hybridized carbons (Fsp3) is 0.0909. The topological polar surface area (TPSA) is 113 Å². The molecule has 156 valence electrons. The predicted molar refractivity (Wildman–Crippen MR) is 119 cm³/mol. The summed E-state index contributed by atoms with van der Waals surface area (Å²) in [5.74, 6) is 0.339. The number of hydrogen-bond acceptors (Lipinski definition) is 6. The molecule has 1 heterocycles. The van der Waals surface area contributed by atoms with Crippen LogP contribution in [0.3, 0.4) is 0 Å². The minimum atomic E-state index is -0.705. The SMILES string of the molecule is COc1ccc(-n2c(SCc3ccc(C(N)=O)cc3[N+](=O)[O-])nc3ccccc32)cc1. The second-order valence-electron chi connectivity index (χ2n) is 6.67. The Morgan fingerprint density at radius 1 is 1.16 bits per heavy atom. The molecule has 0 radical (unpaired) electrons. The minimum absolute atomic E-state index is 0.103. The molecule has 0 saturated heterocycles. The number of carbonyl (C=O) groups is 1. The van der Waals surface area contributed by atoms with E-state index < -0.39 is 10.8 Å². The van der Waals surface area contributed by atoms with Crippen LogP contribution in [0, 0.1) is 10.1 Å². The zero-order chi connectivity index (χ0) is 22.0. The highest BCUT2D eigenvalue weighted by atomic mass is 32.2. The Labute approximate surface area is 181 Å². The molecule has 0 unspecified atom stereocenters. The number of nitrogens with zero attached hydrogens (tertiary/aromatic N) is 3. The molecule has 9 heteroatoms. The van der Waals surface area contributed by atoms with E-state index in [9.17, 15) is 14.9 Å². The summed E-state index contributed by atoms with van der Waals surface area (Å²) in [6.45, 7) is 0. The van der Waals surface area contributed by atoms with Crippen LogP contribution >= 0.6 is 11.8 Å². The lowest BCUT2D eigenvalue weighted by Crippen LogP contribution is -2.11. The van der Waals surface area contributed by atoms with Crippen molar-refractivity contribution in [2.24, 2.45) is 5.73 Å². The van der Waals surface area contributed by atoms with E-state index in [4.69, 9.17) is 15.5 Å². The van der Waals surface area contributed by atoms with Crippen LogP contribution in [-0.2, 0) is 5.75 Å². The summed E-state index contributed by atoms with van der Waals surface area (Å²) in [7, 11) is 1.61. The van der Waals surface area contributed by atoms with Crippen LogP contribution in [-0.4, -0.2) is 27.5 Å².